The maximum atomic E-state index is 13.8. The van der Waals surface area contributed by atoms with Crippen LogP contribution in [0.1, 0.15) is 28.2 Å². The van der Waals surface area contributed by atoms with Crippen LogP contribution >= 0.6 is 0 Å². The minimum atomic E-state index is -0.838. The molecule has 5 nitrogen and oxygen atoms in total. The summed E-state index contributed by atoms with van der Waals surface area (Å²) in [5.41, 5.74) is 1.45. The molecule has 1 aromatic carbocycles. The highest BCUT2D eigenvalue weighted by atomic mass is 19.2. The van der Waals surface area contributed by atoms with Crippen molar-refractivity contribution in [3.63, 3.8) is 0 Å². The van der Waals surface area contributed by atoms with Gasteiger partial charge in [-0.15, -0.1) is 0 Å². The molecule has 0 radical (unpaired) electrons. The van der Waals surface area contributed by atoms with Gasteiger partial charge in [-0.1, -0.05) is 12.1 Å². The summed E-state index contributed by atoms with van der Waals surface area (Å²) in [7, 11) is 1.31. The van der Waals surface area contributed by atoms with E-state index in [2.05, 4.69) is 9.84 Å². The van der Waals surface area contributed by atoms with Gasteiger partial charge in [-0.05, 0) is 18.6 Å². The van der Waals surface area contributed by atoms with Gasteiger partial charge < -0.3 is 4.74 Å². The molecule has 0 N–H and O–H groups in total. The largest absolute Gasteiger partial charge is 0.464 e. The highest BCUT2D eigenvalue weighted by molar-refractivity contribution is 5.87. The standard InChI is InChI=1S/C16H17F2N3O2/c1-23-16(22)14-8-12-10-20(6-3-7-21(12)19-14)9-11-4-2-5-13(17)15(11)18/h2,4-5,8H,3,6-7,9-10H2,1H3. The van der Waals surface area contributed by atoms with Gasteiger partial charge in [-0.2, -0.15) is 5.10 Å². The van der Waals surface area contributed by atoms with Crippen molar-refractivity contribution in [1.82, 2.24) is 14.7 Å². The first-order valence-electron chi connectivity index (χ1n) is 7.39. The highest BCUT2D eigenvalue weighted by Gasteiger charge is 2.21. The molecule has 0 bridgehead atoms. The third-order valence-corrected chi connectivity index (χ3v) is 3.91. The molecule has 0 spiro atoms. The molecule has 2 aromatic rings. The van der Waals surface area contributed by atoms with Crippen LogP contribution in [-0.4, -0.2) is 34.3 Å². The number of fused-ring (bicyclic) bond motifs is 1. The van der Waals surface area contributed by atoms with Gasteiger partial charge in [0.1, 0.15) is 0 Å². The van der Waals surface area contributed by atoms with E-state index in [9.17, 15) is 13.6 Å². The molecule has 1 aromatic heterocycles. The molecule has 0 amide bonds. The Morgan fingerprint density at radius 1 is 1.35 bits per heavy atom. The Balaban J connectivity index is 1.79. The van der Waals surface area contributed by atoms with E-state index in [0.717, 1.165) is 24.7 Å². The number of halogens is 2. The fourth-order valence-electron chi connectivity index (χ4n) is 2.78. The van der Waals surface area contributed by atoms with E-state index >= 15 is 0 Å². The summed E-state index contributed by atoms with van der Waals surface area (Å²) in [6.07, 6.45) is 0.812. The average molecular weight is 321 g/mol. The van der Waals surface area contributed by atoms with Crippen molar-refractivity contribution in [1.29, 1.82) is 0 Å². The van der Waals surface area contributed by atoms with E-state index < -0.39 is 17.6 Å². The molecule has 0 saturated carbocycles. The van der Waals surface area contributed by atoms with Crippen LogP contribution in [-0.2, 0) is 24.4 Å². The summed E-state index contributed by atoms with van der Waals surface area (Å²) < 4.78 is 33.6. The topological polar surface area (TPSA) is 47.4 Å². The van der Waals surface area contributed by atoms with Gasteiger partial charge in [0.25, 0.3) is 0 Å². The first-order valence-corrected chi connectivity index (χ1v) is 7.39. The second kappa shape index (κ2) is 6.45. The Bertz CT molecular complexity index is 730. The molecular formula is C16H17F2N3O2. The first kappa shape index (κ1) is 15.6. The van der Waals surface area contributed by atoms with Gasteiger partial charge in [-0.25, -0.2) is 13.6 Å². The number of aromatic nitrogens is 2. The predicted octanol–water partition coefficient (Wildman–Crippen LogP) is 2.35. The lowest BCUT2D eigenvalue weighted by Crippen LogP contribution is -2.23. The predicted molar refractivity (Wildman–Crippen MR) is 78.7 cm³/mol. The van der Waals surface area contributed by atoms with Crippen molar-refractivity contribution < 1.29 is 18.3 Å². The average Bonchev–Trinajstić information content (AvgIpc) is 2.84. The van der Waals surface area contributed by atoms with Crippen molar-refractivity contribution in [2.75, 3.05) is 13.7 Å². The van der Waals surface area contributed by atoms with Crippen molar-refractivity contribution >= 4 is 5.97 Å². The van der Waals surface area contributed by atoms with Crippen LogP contribution in [0.5, 0.6) is 0 Å². The molecule has 2 heterocycles. The molecule has 3 rings (SSSR count). The quantitative estimate of drug-likeness (QED) is 0.814. The Kier molecular flexibility index (Phi) is 4.38. The SMILES string of the molecule is COC(=O)c1cc2n(n1)CCCN(Cc1cccc(F)c1F)C2. The summed E-state index contributed by atoms with van der Waals surface area (Å²) in [6, 6.07) is 5.89. The second-order valence-electron chi connectivity index (χ2n) is 5.51. The summed E-state index contributed by atoms with van der Waals surface area (Å²) in [4.78, 5) is 13.6. The van der Waals surface area contributed by atoms with E-state index in [1.807, 2.05) is 4.90 Å². The number of nitrogens with zero attached hydrogens (tertiary/aromatic N) is 3. The van der Waals surface area contributed by atoms with Crippen LogP contribution in [0.4, 0.5) is 8.78 Å². The number of carbonyl (C=O) groups excluding carboxylic acids is 1. The summed E-state index contributed by atoms with van der Waals surface area (Å²) in [5, 5.41) is 4.24. The van der Waals surface area contributed by atoms with Crippen LogP contribution in [0, 0.1) is 11.6 Å². The van der Waals surface area contributed by atoms with E-state index in [1.54, 1.807) is 16.8 Å². The zero-order chi connectivity index (χ0) is 16.4. The summed E-state index contributed by atoms with van der Waals surface area (Å²) in [6.45, 7) is 2.24. The molecule has 0 fully saturated rings. The third-order valence-electron chi connectivity index (χ3n) is 3.91. The first-order chi connectivity index (χ1) is 11.1. The molecule has 122 valence electrons. The zero-order valence-corrected chi connectivity index (χ0v) is 12.8. The molecule has 1 aliphatic heterocycles. The minimum Gasteiger partial charge on any atom is -0.464 e. The van der Waals surface area contributed by atoms with E-state index in [1.165, 1.54) is 13.2 Å². The van der Waals surface area contributed by atoms with Crippen molar-refractivity contribution in [2.24, 2.45) is 0 Å². The van der Waals surface area contributed by atoms with Gasteiger partial charge >= 0.3 is 5.97 Å². The Hall–Kier alpha value is -2.28. The number of carbonyl (C=O) groups is 1. The molecule has 7 heteroatoms. The fraction of sp³-hybridized carbons (Fsp3) is 0.375. The van der Waals surface area contributed by atoms with E-state index in [4.69, 9.17) is 0 Å². The van der Waals surface area contributed by atoms with Gasteiger partial charge in [0.05, 0.1) is 12.8 Å². The fourth-order valence-corrected chi connectivity index (χ4v) is 2.78. The highest BCUT2D eigenvalue weighted by Crippen LogP contribution is 2.19. The number of methoxy groups -OCH3 is 1. The maximum absolute atomic E-state index is 13.8. The second-order valence-corrected chi connectivity index (χ2v) is 5.51. The summed E-state index contributed by atoms with van der Waals surface area (Å²) >= 11 is 0. The molecule has 23 heavy (non-hydrogen) atoms. The van der Waals surface area contributed by atoms with E-state index in [-0.39, 0.29) is 5.69 Å². The van der Waals surface area contributed by atoms with Gasteiger partial charge in [0.2, 0.25) is 0 Å². The number of hydrogen-bond donors (Lipinski definition) is 0. The number of hydrogen-bond acceptors (Lipinski definition) is 4. The van der Waals surface area contributed by atoms with Crippen LogP contribution in [0.15, 0.2) is 24.3 Å². The number of benzene rings is 1. The molecule has 1 aliphatic rings. The Morgan fingerprint density at radius 2 is 2.17 bits per heavy atom. The van der Waals surface area contributed by atoms with Gasteiger partial charge in [-0.3, -0.25) is 9.58 Å². The van der Waals surface area contributed by atoms with Crippen molar-refractivity contribution in [3.8, 4) is 0 Å². The number of rotatable bonds is 3. The third kappa shape index (κ3) is 3.24. The smallest absolute Gasteiger partial charge is 0.358 e. The lowest BCUT2D eigenvalue weighted by molar-refractivity contribution is 0.0593. The minimum absolute atomic E-state index is 0.265. The van der Waals surface area contributed by atoms with Gasteiger partial charge in [0, 0.05) is 31.7 Å². The summed E-state index contributed by atoms with van der Waals surface area (Å²) in [5.74, 6) is -2.12. The normalized spacial score (nSPS) is 15.1. The number of ether oxygens (including phenoxy) is 1. The van der Waals surface area contributed by atoms with Crippen LogP contribution in [0.3, 0.4) is 0 Å². The monoisotopic (exact) mass is 321 g/mol. The molecule has 0 aliphatic carbocycles. The molecule has 0 unspecified atom stereocenters. The molecule has 0 atom stereocenters. The molecular weight excluding hydrogens is 304 g/mol. The van der Waals surface area contributed by atoms with Crippen molar-refractivity contribution in [2.45, 2.75) is 26.1 Å². The zero-order valence-electron chi connectivity index (χ0n) is 12.8. The maximum Gasteiger partial charge on any atom is 0.358 e. The lowest BCUT2D eigenvalue weighted by Gasteiger charge is -2.19. The van der Waals surface area contributed by atoms with Crippen molar-refractivity contribution in [3.05, 3.63) is 52.9 Å². The van der Waals surface area contributed by atoms with Gasteiger partial charge in [0.15, 0.2) is 17.3 Å². The van der Waals surface area contributed by atoms with Crippen LogP contribution < -0.4 is 0 Å². The van der Waals surface area contributed by atoms with Crippen LogP contribution in [0.25, 0.3) is 0 Å². The van der Waals surface area contributed by atoms with Crippen LogP contribution in [0.2, 0.25) is 0 Å². The number of aryl methyl sites for hydroxylation is 1. The Labute approximate surface area is 132 Å². The lowest BCUT2D eigenvalue weighted by atomic mass is 10.2. The van der Waals surface area contributed by atoms with E-state index in [0.29, 0.717) is 25.2 Å². The number of esters is 1. The molecule has 0 saturated heterocycles. The Morgan fingerprint density at radius 3 is 2.96 bits per heavy atom.